The van der Waals surface area contributed by atoms with Crippen LogP contribution in [0.25, 0.3) is 0 Å². The highest BCUT2D eigenvalue weighted by Crippen LogP contribution is 2.31. The van der Waals surface area contributed by atoms with Crippen LogP contribution in [0.15, 0.2) is 33.3 Å². The maximum atomic E-state index is 13.0. The first kappa shape index (κ1) is 15.9. The zero-order valence-corrected chi connectivity index (χ0v) is 13.9. The minimum absolute atomic E-state index is 0.116. The molecule has 0 bridgehead atoms. The van der Waals surface area contributed by atoms with Gasteiger partial charge in [0.2, 0.25) is 11.8 Å². The van der Waals surface area contributed by atoms with Crippen molar-refractivity contribution in [3.05, 3.63) is 59.1 Å². The molecule has 8 heteroatoms. The fourth-order valence-electron chi connectivity index (χ4n) is 3.14. The van der Waals surface area contributed by atoms with Crippen LogP contribution in [0.2, 0.25) is 0 Å². The molecule has 3 heterocycles. The highest BCUT2D eigenvalue weighted by molar-refractivity contribution is 5.19. The second-order valence-electron chi connectivity index (χ2n) is 6.21. The summed E-state index contributed by atoms with van der Waals surface area (Å²) in [5.41, 5.74) is 0.940. The molecule has 0 aliphatic carbocycles. The Kier molecular flexibility index (Phi) is 4.27. The van der Waals surface area contributed by atoms with Crippen LogP contribution in [0.4, 0.5) is 4.39 Å². The van der Waals surface area contributed by atoms with Gasteiger partial charge < -0.3 is 9.05 Å². The fraction of sp³-hybridized carbons (Fsp3) is 0.412. The summed E-state index contributed by atoms with van der Waals surface area (Å²) < 4.78 is 23.4. The minimum Gasteiger partial charge on any atom is -0.340 e. The van der Waals surface area contributed by atoms with Crippen molar-refractivity contribution in [3.8, 4) is 0 Å². The Labute approximate surface area is 143 Å². The molecule has 130 valence electrons. The number of likely N-dealkylation sites (tertiary alicyclic amines) is 1. The Balaban J connectivity index is 1.42. The molecule has 1 aliphatic heterocycles. The fourth-order valence-corrected chi connectivity index (χ4v) is 3.14. The van der Waals surface area contributed by atoms with Gasteiger partial charge in [0.1, 0.15) is 5.82 Å². The molecular weight excluding hydrogens is 325 g/mol. The molecule has 7 nitrogen and oxygen atoms in total. The molecule has 2 aromatic heterocycles. The van der Waals surface area contributed by atoms with Crippen molar-refractivity contribution >= 4 is 0 Å². The van der Waals surface area contributed by atoms with Crippen LogP contribution in [0.1, 0.15) is 47.9 Å². The number of benzene rings is 1. The van der Waals surface area contributed by atoms with Crippen molar-refractivity contribution in [1.82, 2.24) is 25.2 Å². The normalized spacial score (nSPS) is 18.1. The van der Waals surface area contributed by atoms with Crippen LogP contribution in [-0.4, -0.2) is 31.7 Å². The average molecular weight is 343 g/mol. The van der Waals surface area contributed by atoms with E-state index in [1.807, 2.05) is 0 Å². The third kappa shape index (κ3) is 3.58. The van der Waals surface area contributed by atoms with Crippen molar-refractivity contribution in [2.75, 3.05) is 6.54 Å². The lowest BCUT2D eigenvalue weighted by Crippen LogP contribution is -2.23. The summed E-state index contributed by atoms with van der Waals surface area (Å²) in [4.78, 5) is 11.0. The average Bonchev–Trinajstić information content (AvgIpc) is 3.32. The van der Waals surface area contributed by atoms with Gasteiger partial charge in [-0.3, -0.25) is 4.90 Å². The highest BCUT2D eigenvalue weighted by Gasteiger charge is 2.31. The molecule has 25 heavy (non-hydrogen) atoms. The highest BCUT2D eigenvalue weighted by atomic mass is 19.1. The molecule has 1 saturated heterocycles. The number of nitrogens with zero attached hydrogens (tertiary/aromatic N) is 5. The Bertz CT molecular complexity index is 845. The van der Waals surface area contributed by atoms with Crippen molar-refractivity contribution in [2.24, 2.45) is 0 Å². The number of hydrogen-bond acceptors (Lipinski definition) is 7. The van der Waals surface area contributed by atoms with E-state index in [2.05, 4.69) is 25.2 Å². The molecule has 1 aliphatic rings. The van der Waals surface area contributed by atoms with Crippen molar-refractivity contribution in [2.45, 2.75) is 38.8 Å². The zero-order valence-electron chi connectivity index (χ0n) is 13.9. The summed E-state index contributed by atoms with van der Waals surface area (Å²) in [6.07, 6.45) is 2.56. The van der Waals surface area contributed by atoms with E-state index in [4.69, 9.17) is 9.05 Å². The molecule has 1 fully saturated rings. The quantitative estimate of drug-likeness (QED) is 0.704. The number of halogens is 1. The first-order chi connectivity index (χ1) is 12.2. The SMILES string of the molecule is Cc1nc([C@H]2CCCN2Cc2nc(Cc3ccc(F)cc3)no2)no1. The third-order valence-corrected chi connectivity index (χ3v) is 4.33. The van der Waals surface area contributed by atoms with Gasteiger partial charge in [-0.2, -0.15) is 9.97 Å². The molecule has 1 atom stereocenters. The van der Waals surface area contributed by atoms with Crippen LogP contribution in [-0.2, 0) is 13.0 Å². The number of hydrogen-bond donors (Lipinski definition) is 0. The Morgan fingerprint density at radius 1 is 1.16 bits per heavy atom. The van der Waals surface area contributed by atoms with Gasteiger partial charge >= 0.3 is 0 Å². The van der Waals surface area contributed by atoms with E-state index in [-0.39, 0.29) is 11.9 Å². The van der Waals surface area contributed by atoms with Crippen molar-refractivity contribution in [1.29, 1.82) is 0 Å². The number of aromatic nitrogens is 4. The molecular formula is C17H18FN5O2. The standard InChI is InChI=1S/C17H18FN5O2/c1-11-19-17(22-24-11)14-3-2-8-23(14)10-16-20-15(21-25-16)9-12-4-6-13(18)7-5-12/h4-7,14H,2-3,8-10H2,1H3/t14-/m1/s1. The summed E-state index contributed by atoms with van der Waals surface area (Å²) in [6, 6.07) is 6.42. The predicted octanol–water partition coefficient (Wildman–Crippen LogP) is 2.83. The van der Waals surface area contributed by atoms with Gasteiger partial charge in [0.05, 0.1) is 12.6 Å². The molecule has 0 N–H and O–H groups in total. The smallest absolute Gasteiger partial charge is 0.240 e. The van der Waals surface area contributed by atoms with Gasteiger partial charge in [-0.05, 0) is 37.1 Å². The zero-order chi connectivity index (χ0) is 17.2. The lowest BCUT2D eigenvalue weighted by atomic mass is 10.1. The largest absolute Gasteiger partial charge is 0.340 e. The van der Waals surface area contributed by atoms with E-state index < -0.39 is 0 Å². The van der Waals surface area contributed by atoms with Crippen molar-refractivity contribution in [3.63, 3.8) is 0 Å². The first-order valence-electron chi connectivity index (χ1n) is 8.27. The van der Waals surface area contributed by atoms with Crippen LogP contribution < -0.4 is 0 Å². The summed E-state index contributed by atoms with van der Waals surface area (Å²) in [5, 5.41) is 8.05. The lowest BCUT2D eigenvalue weighted by Gasteiger charge is -2.19. The van der Waals surface area contributed by atoms with E-state index in [1.165, 1.54) is 12.1 Å². The maximum absolute atomic E-state index is 13.0. The molecule has 4 rings (SSSR count). The molecule has 0 unspecified atom stereocenters. The lowest BCUT2D eigenvalue weighted by molar-refractivity contribution is 0.202. The molecule has 0 radical (unpaired) electrons. The van der Waals surface area contributed by atoms with Crippen LogP contribution in [0.3, 0.4) is 0 Å². The molecule has 1 aromatic carbocycles. The Morgan fingerprint density at radius 2 is 2.00 bits per heavy atom. The van der Waals surface area contributed by atoms with Crippen molar-refractivity contribution < 1.29 is 13.4 Å². The molecule has 0 amide bonds. The van der Waals surface area contributed by atoms with E-state index in [0.717, 1.165) is 24.9 Å². The van der Waals surface area contributed by atoms with Gasteiger partial charge in [0.15, 0.2) is 11.6 Å². The van der Waals surface area contributed by atoms with Gasteiger partial charge in [-0.1, -0.05) is 22.4 Å². The summed E-state index contributed by atoms with van der Waals surface area (Å²) in [5.74, 6) is 2.17. The van der Waals surface area contributed by atoms with E-state index in [0.29, 0.717) is 36.4 Å². The predicted molar refractivity (Wildman–Crippen MR) is 84.9 cm³/mol. The second-order valence-corrected chi connectivity index (χ2v) is 6.21. The first-order valence-corrected chi connectivity index (χ1v) is 8.27. The number of aryl methyl sites for hydroxylation is 1. The van der Waals surface area contributed by atoms with Crippen LogP contribution >= 0.6 is 0 Å². The van der Waals surface area contributed by atoms with E-state index >= 15 is 0 Å². The van der Waals surface area contributed by atoms with Gasteiger partial charge in [-0.15, -0.1) is 0 Å². The summed E-state index contributed by atoms with van der Waals surface area (Å²) in [6.45, 7) is 3.26. The Hall–Kier alpha value is -2.61. The molecule has 0 spiro atoms. The van der Waals surface area contributed by atoms with Crippen LogP contribution in [0.5, 0.6) is 0 Å². The molecule has 3 aromatic rings. The topological polar surface area (TPSA) is 81.1 Å². The second kappa shape index (κ2) is 6.72. The van der Waals surface area contributed by atoms with Gasteiger partial charge in [0.25, 0.3) is 0 Å². The third-order valence-electron chi connectivity index (χ3n) is 4.33. The summed E-state index contributed by atoms with van der Waals surface area (Å²) >= 11 is 0. The van der Waals surface area contributed by atoms with Crippen LogP contribution in [0, 0.1) is 12.7 Å². The monoisotopic (exact) mass is 343 g/mol. The number of rotatable bonds is 5. The summed E-state index contributed by atoms with van der Waals surface area (Å²) in [7, 11) is 0. The van der Waals surface area contributed by atoms with E-state index in [9.17, 15) is 4.39 Å². The Morgan fingerprint density at radius 3 is 2.76 bits per heavy atom. The van der Waals surface area contributed by atoms with Gasteiger partial charge in [0, 0.05) is 13.3 Å². The minimum atomic E-state index is -0.255. The van der Waals surface area contributed by atoms with E-state index in [1.54, 1.807) is 19.1 Å². The maximum Gasteiger partial charge on any atom is 0.240 e. The van der Waals surface area contributed by atoms with Gasteiger partial charge in [-0.25, -0.2) is 4.39 Å². The molecule has 0 saturated carbocycles.